The molecule has 2 aliphatic rings. The lowest BCUT2D eigenvalue weighted by molar-refractivity contribution is -0.114. The second-order valence-corrected chi connectivity index (χ2v) is 5.06. The van der Waals surface area contributed by atoms with Crippen LogP contribution in [-0.4, -0.2) is 38.3 Å². The highest BCUT2D eigenvalue weighted by Gasteiger charge is 2.38. The fourth-order valence-corrected chi connectivity index (χ4v) is 2.38. The Morgan fingerprint density at radius 2 is 2.10 bits per heavy atom. The molecule has 1 saturated heterocycles. The molecule has 1 heterocycles. The van der Waals surface area contributed by atoms with Gasteiger partial charge in [0.2, 0.25) is 5.79 Å². The van der Waals surface area contributed by atoms with Gasteiger partial charge < -0.3 is 19.9 Å². The number of hydrogen-bond acceptors (Lipinski definition) is 4. The van der Waals surface area contributed by atoms with Crippen molar-refractivity contribution in [3.8, 4) is 0 Å². The van der Waals surface area contributed by atoms with Gasteiger partial charge in [-0.3, -0.25) is 0 Å². The molecule has 2 N–H and O–H groups in total. The third-order valence-electron chi connectivity index (χ3n) is 3.56. The van der Waals surface area contributed by atoms with Crippen LogP contribution in [0.3, 0.4) is 0 Å². The number of hydrogen-bond donors (Lipinski definition) is 1. The Morgan fingerprint density at radius 3 is 2.80 bits per heavy atom. The summed E-state index contributed by atoms with van der Waals surface area (Å²) < 4.78 is 17.2. The van der Waals surface area contributed by atoms with Gasteiger partial charge in [-0.25, -0.2) is 0 Å². The molecular weight excluding hydrogens is 254 g/mol. The van der Waals surface area contributed by atoms with Crippen molar-refractivity contribution in [1.29, 1.82) is 0 Å². The van der Waals surface area contributed by atoms with E-state index in [2.05, 4.69) is 6.92 Å². The zero-order chi connectivity index (χ0) is 14.3. The van der Waals surface area contributed by atoms with E-state index in [1.54, 1.807) is 0 Å². The van der Waals surface area contributed by atoms with Gasteiger partial charge in [-0.15, -0.1) is 0 Å². The van der Waals surface area contributed by atoms with Crippen LogP contribution in [0.2, 0.25) is 0 Å². The molecule has 0 aromatic heterocycles. The predicted octanol–water partition coefficient (Wildman–Crippen LogP) is 2.32. The van der Waals surface area contributed by atoms with Gasteiger partial charge in [-0.1, -0.05) is 50.1 Å². The molecule has 4 nitrogen and oxygen atoms in total. The minimum atomic E-state index is -0.780. The van der Waals surface area contributed by atoms with Crippen molar-refractivity contribution in [3.63, 3.8) is 0 Å². The number of ether oxygens (including phenoxy) is 3. The molecule has 2 rings (SSSR count). The van der Waals surface area contributed by atoms with E-state index < -0.39 is 5.79 Å². The van der Waals surface area contributed by atoms with Gasteiger partial charge in [0.25, 0.3) is 0 Å². The Bertz CT molecular complexity index is 381. The zero-order valence-corrected chi connectivity index (χ0v) is 12.2. The summed E-state index contributed by atoms with van der Waals surface area (Å²) in [5.41, 5.74) is 6.77. The summed E-state index contributed by atoms with van der Waals surface area (Å²) in [4.78, 5) is 0. The maximum absolute atomic E-state index is 5.82. The maximum atomic E-state index is 5.82. The predicted molar refractivity (Wildman–Crippen MR) is 79.3 cm³/mol. The molecule has 0 aromatic rings. The van der Waals surface area contributed by atoms with Crippen molar-refractivity contribution >= 4 is 0 Å². The molecular formula is C16H25NO3. The molecule has 112 valence electrons. The second-order valence-electron chi connectivity index (χ2n) is 5.06. The van der Waals surface area contributed by atoms with Crippen molar-refractivity contribution < 1.29 is 14.2 Å². The smallest absolute Gasteiger partial charge is 0.207 e. The Kier molecular flexibility index (Phi) is 5.98. The molecule has 20 heavy (non-hydrogen) atoms. The number of rotatable bonds is 7. The average Bonchev–Trinajstić information content (AvgIpc) is 2.84. The molecule has 0 aromatic carbocycles. The summed E-state index contributed by atoms with van der Waals surface area (Å²) >= 11 is 0. The lowest BCUT2D eigenvalue weighted by Gasteiger charge is -2.26. The van der Waals surface area contributed by atoms with E-state index in [4.69, 9.17) is 19.9 Å². The summed E-state index contributed by atoms with van der Waals surface area (Å²) in [7, 11) is 0. The molecule has 0 saturated carbocycles. The Hall–Kier alpha value is -0.940. The van der Waals surface area contributed by atoms with Gasteiger partial charge in [-0.05, 0) is 6.42 Å². The number of allylic oxidation sites excluding steroid dienone is 2. The monoisotopic (exact) mass is 279 g/mol. The summed E-state index contributed by atoms with van der Waals surface area (Å²) in [5, 5.41) is 0. The van der Waals surface area contributed by atoms with Gasteiger partial charge in [-0.2, -0.15) is 0 Å². The first-order chi connectivity index (χ1) is 9.80. The van der Waals surface area contributed by atoms with Crippen molar-refractivity contribution in [1.82, 2.24) is 0 Å². The molecule has 1 atom stereocenters. The first-order valence-corrected chi connectivity index (χ1v) is 7.47. The Labute approximate surface area is 121 Å². The van der Waals surface area contributed by atoms with Gasteiger partial charge >= 0.3 is 0 Å². The lowest BCUT2D eigenvalue weighted by atomic mass is 10.1. The van der Waals surface area contributed by atoms with E-state index in [0.717, 1.165) is 18.6 Å². The summed E-state index contributed by atoms with van der Waals surface area (Å²) in [5.74, 6) is -0.780. The molecule has 0 spiro atoms. The normalized spacial score (nSPS) is 24.7. The van der Waals surface area contributed by atoms with Gasteiger partial charge in [0, 0.05) is 12.2 Å². The topological polar surface area (TPSA) is 53.7 Å². The highest BCUT2D eigenvalue weighted by atomic mass is 16.7. The van der Waals surface area contributed by atoms with E-state index in [-0.39, 0.29) is 6.10 Å². The fraction of sp³-hybridized carbons (Fsp3) is 0.625. The van der Waals surface area contributed by atoms with Crippen LogP contribution in [0.5, 0.6) is 0 Å². The highest BCUT2D eigenvalue weighted by molar-refractivity contribution is 5.35. The van der Waals surface area contributed by atoms with Crippen molar-refractivity contribution in [2.24, 2.45) is 5.73 Å². The van der Waals surface area contributed by atoms with Gasteiger partial charge in [0.15, 0.2) is 0 Å². The van der Waals surface area contributed by atoms with Crippen LogP contribution in [-0.2, 0) is 14.2 Å². The largest absolute Gasteiger partial charge is 0.370 e. The molecule has 4 heteroatoms. The third-order valence-corrected chi connectivity index (χ3v) is 3.56. The van der Waals surface area contributed by atoms with Crippen LogP contribution in [0, 0.1) is 0 Å². The van der Waals surface area contributed by atoms with Crippen LogP contribution >= 0.6 is 0 Å². The number of unbranched alkanes of at least 4 members (excludes halogenated alkanes) is 2. The standard InChI is InChI=1S/C16H25NO3/c1-2-3-4-10-18-15-7-5-6-14(8-9-15)16(13-17)19-11-12-20-16/h5-9,15H,2-4,10-13,17H2,1H3. The first-order valence-electron chi connectivity index (χ1n) is 7.47. The minimum absolute atomic E-state index is 0.0110. The van der Waals surface area contributed by atoms with Gasteiger partial charge in [0.1, 0.15) is 0 Å². The van der Waals surface area contributed by atoms with Crippen LogP contribution in [0.15, 0.2) is 36.0 Å². The van der Waals surface area contributed by atoms with E-state index in [0.29, 0.717) is 19.8 Å². The van der Waals surface area contributed by atoms with Crippen molar-refractivity contribution in [2.75, 3.05) is 26.4 Å². The van der Waals surface area contributed by atoms with Crippen molar-refractivity contribution in [3.05, 3.63) is 36.0 Å². The van der Waals surface area contributed by atoms with Crippen molar-refractivity contribution in [2.45, 2.75) is 38.1 Å². The average molecular weight is 279 g/mol. The summed E-state index contributed by atoms with van der Waals surface area (Å²) in [6, 6.07) is 0. The minimum Gasteiger partial charge on any atom is -0.370 e. The molecule has 0 radical (unpaired) electrons. The summed E-state index contributed by atoms with van der Waals surface area (Å²) in [6.45, 7) is 4.47. The molecule has 0 amide bonds. The van der Waals surface area contributed by atoms with E-state index >= 15 is 0 Å². The SMILES string of the molecule is CCCCCOC1C=CC=C(C2(CN)OCCO2)C=C1. The molecule has 1 fully saturated rings. The van der Waals surface area contributed by atoms with Crippen LogP contribution in [0.4, 0.5) is 0 Å². The van der Waals surface area contributed by atoms with E-state index in [1.165, 1.54) is 12.8 Å². The maximum Gasteiger partial charge on any atom is 0.207 e. The molecule has 1 unspecified atom stereocenters. The van der Waals surface area contributed by atoms with E-state index in [9.17, 15) is 0 Å². The fourth-order valence-electron chi connectivity index (χ4n) is 2.38. The van der Waals surface area contributed by atoms with Crippen LogP contribution in [0.1, 0.15) is 26.2 Å². The van der Waals surface area contributed by atoms with Gasteiger partial charge in [0.05, 0.1) is 25.9 Å². The number of nitrogens with two attached hydrogens (primary N) is 1. The first kappa shape index (κ1) is 15.4. The zero-order valence-electron chi connectivity index (χ0n) is 12.2. The quantitative estimate of drug-likeness (QED) is 0.727. The molecule has 1 aliphatic heterocycles. The second kappa shape index (κ2) is 7.74. The summed E-state index contributed by atoms with van der Waals surface area (Å²) in [6.07, 6.45) is 13.6. The van der Waals surface area contributed by atoms with E-state index in [1.807, 2.05) is 30.4 Å². The highest BCUT2D eigenvalue weighted by Crippen LogP contribution is 2.29. The lowest BCUT2D eigenvalue weighted by Crippen LogP contribution is -2.40. The Balaban J connectivity index is 1.92. The third kappa shape index (κ3) is 3.79. The van der Waals surface area contributed by atoms with Crippen LogP contribution in [0.25, 0.3) is 0 Å². The Morgan fingerprint density at radius 1 is 1.30 bits per heavy atom. The molecule has 0 bridgehead atoms. The van der Waals surface area contributed by atoms with Crippen LogP contribution < -0.4 is 5.73 Å². The molecule has 1 aliphatic carbocycles.